The molecule has 0 unspecified atom stereocenters. The van der Waals surface area contributed by atoms with E-state index in [1.165, 1.54) is 0 Å². The highest BCUT2D eigenvalue weighted by atomic mass is 16.3. The maximum atomic E-state index is 11.6. The smallest absolute Gasteiger partial charge is 0.220 e. The molecule has 2 rings (SSSR count). The van der Waals surface area contributed by atoms with E-state index in [2.05, 4.69) is 10.3 Å². The summed E-state index contributed by atoms with van der Waals surface area (Å²) in [6.07, 6.45) is 5.23. The van der Waals surface area contributed by atoms with Gasteiger partial charge in [-0.1, -0.05) is 6.07 Å². The Bertz CT molecular complexity index is 466. The summed E-state index contributed by atoms with van der Waals surface area (Å²) in [7, 11) is 0. The molecule has 0 aliphatic heterocycles. The molecule has 0 aromatic carbocycles. The predicted octanol–water partition coefficient (Wildman–Crippen LogP) is 1.97. The summed E-state index contributed by atoms with van der Waals surface area (Å²) in [6, 6.07) is 9.48. The first kappa shape index (κ1) is 12.4. The summed E-state index contributed by atoms with van der Waals surface area (Å²) in [6.45, 7) is 0.619. The van der Waals surface area contributed by atoms with Crippen LogP contribution in [-0.4, -0.2) is 17.4 Å². The van der Waals surface area contributed by atoms with Crippen LogP contribution >= 0.6 is 0 Å². The number of aromatic nitrogens is 1. The summed E-state index contributed by atoms with van der Waals surface area (Å²) >= 11 is 0. The maximum absolute atomic E-state index is 11.6. The van der Waals surface area contributed by atoms with E-state index >= 15 is 0 Å². The maximum Gasteiger partial charge on any atom is 0.220 e. The molecule has 2 aromatic heterocycles. The number of rotatable bonds is 6. The minimum Gasteiger partial charge on any atom is -0.469 e. The minimum absolute atomic E-state index is 0.0438. The van der Waals surface area contributed by atoms with Crippen LogP contribution in [0, 0.1) is 0 Å². The summed E-state index contributed by atoms with van der Waals surface area (Å²) in [5.41, 5.74) is 0.990. The molecule has 0 bridgehead atoms. The molecule has 4 nitrogen and oxygen atoms in total. The average molecular weight is 244 g/mol. The monoisotopic (exact) mass is 244 g/mol. The molecule has 18 heavy (non-hydrogen) atoms. The summed E-state index contributed by atoms with van der Waals surface area (Å²) in [5.74, 6) is 0.886. The van der Waals surface area contributed by atoms with Crippen molar-refractivity contribution in [2.45, 2.75) is 19.3 Å². The van der Waals surface area contributed by atoms with E-state index in [1.54, 1.807) is 12.5 Å². The molecular formula is C14H16N2O2. The SMILES string of the molecule is O=C(CCc1ccco1)NCCc1ccccn1. The number of nitrogens with one attached hydrogen (secondary N) is 1. The number of nitrogens with zero attached hydrogens (tertiary/aromatic N) is 1. The Morgan fingerprint density at radius 3 is 2.89 bits per heavy atom. The standard InChI is InChI=1S/C14H16N2O2/c17-14(7-6-13-5-3-11-18-13)16-10-8-12-4-1-2-9-15-12/h1-5,9,11H,6-8,10H2,(H,16,17). The summed E-state index contributed by atoms with van der Waals surface area (Å²) in [4.78, 5) is 15.8. The highest BCUT2D eigenvalue weighted by molar-refractivity contribution is 5.76. The first-order chi connectivity index (χ1) is 8.84. The van der Waals surface area contributed by atoms with Gasteiger partial charge in [0.15, 0.2) is 0 Å². The predicted molar refractivity (Wildman–Crippen MR) is 68.0 cm³/mol. The molecule has 0 spiro atoms. The van der Waals surface area contributed by atoms with Gasteiger partial charge in [0, 0.05) is 37.7 Å². The number of aryl methyl sites for hydroxylation is 1. The zero-order chi connectivity index (χ0) is 12.6. The van der Waals surface area contributed by atoms with Crippen molar-refractivity contribution in [2.75, 3.05) is 6.54 Å². The summed E-state index contributed by atoms with van der Waals surface area (Å²) in [5, 5.41) is 2.87. The number of pyridine rings is 1. The number of hydrogen-bond acceptors (Lipinski definition) is 3. The lowest BCUT2D eigenvalue weighted by atomic mass is 10.2. The van der Waals surface area contributed by atoms with Gasteiger partial charge in [-0.25, -0.2) is 0 Å². The van der Waals surface area contributed by atoms with Gasteiger partial charge in [-0.3, -0.25) is 9.78 Å². The fraction of sp³-hybridized carbons (Fsp3) is 0.286. The van der Waals surface area contributed by atoms with Crippen molar-refractivity contribution in [1.82, 2.24) is 10.3 Å². The summed E-state index contributed by atoms with van der Waals surface area (Å²) < 4.78 is 5.17. The number of carbonyl (C=O) groups excluding carboxylic acids is 1. The van der Waals surface area contributed by atoms with Crippen molar-refractivity contribution < 1.29 is 9.21 Å². The third-order valence-corrected chi connectivity index (χ3v) is 2.61. The molecule has 1 amide bonds. The molecule has 94 valence electrons. The molecule has 0 saturated carbocycles. The van der Waals surface area contributed by atoms with Crippen molar-refractivity contribution >= 4 is 5.91 Å². The van der Waals surface area contributed by atoms with Gasteiger partial charge in [0.1, 0.15) is 5.76 Å². The average Bonchev–Trinajstić information content (AvgIpc) is 2.91. The molecule has 0 fully saturated rings. The molecule has 0 atom stereocenters. The molecule has 0 saturated heterocycles. The molecule has 2 heterocycles. The van der Waals surface area contributed by atoms with Crippen LogP contribution in [0.4, 0.5) is 0 Å². The molecule has 0 aliphatic carbocycles. The van der Waals surface area contributed by atoms with Crippen molar-refractivity contribution in [3.8, 4) is 0 Å². The number of hydrogen-bond donors (Lipinski definition) is 1. The molecule has 0 aliphatic rings. The Morgan fingerprint density at radius 2 is 2.17 bits per heavy atom. The van der Waals surface area contributed by atoms with Gasteiger partial charge in [0.25, 0.3) is 0 Å². The van der Waals surface area contributed by atoms with Crippen LogP contribution in [0.25, 0.3) is 0 Å². The van der Waals surface area contributed by atoms with E-state index in [0.29, 0.717) is 19.4 Å². The quantitative estimate of drug-likeness (QED) is 0.845. The fourth-order valence-corrected chi connectivity index (χ4v) is 1.66. The number of amides is 1. The van der Waals surface area contributed by atoms with E-state index in [1.807, 2.05) is 30.3 Å². The van der Waals surface area contributed by atoms with Gasteiger partial charge in [-0.2, -0.15) is 0 Å². The van der Waals surface area contributed by atoms with Crippen LogP contribution in [0.5, 0.6) is 0 Å². The topological polar surface area (TPSA) is 55.1 Å². The second-order valence-electron chi connectivity index (χ2n) is 4.00. The zero-order valence-electron chi connectivity index (χ0n) is 10.1. The van der Waals surface area contributed by atoms with Crippen LogP contribution in [0.1, 0.15) is 17.9 Å². The van der Waals surface area contributed by atoms with Gasteiger partial charge in [0.2, 0.25) is 5.91 Å². The Morgan fingerprint density at radius 1 is 1.22 bits per heavy atom. The second-order valence-corrected chi connectivity index (χ2v) is 4.00. The Hall–Kier alpha value is -2.10. The molecule has 0 radical (unpaired) electrons. The lowest BCUT2D eigenvalue weighted by molar-refractivity contribution is -0.121. The van der Waals surface area contributed by atoms with E-state index in [4.69, 9.17) is 4.42 Å². The van der Waals surface area contributed by atoms with E-state index in [0.717, 1.165) is 17.9 Å². The first-order valence-electron chi connectivity index (χ1n) is 6.03. The van der Waals surface area contributed by atoms with Crippen molar-refractivity contribution in [2.24, 2.45) is 0 Å². The zero-order valence-corrected chi connectivity index (χ0v) is 10.1. The van der Waals surface area contributed by atoms with Gasteiger partial charge < -0.3 is 9.73 Å². The first-order valence-corrected chi connectivity index (χ1v) is 6.03. The third kappa shape index (κ3) is 4.05. The lowest BCUT2D eigenvalue weighted by Crippen LogP contribution is -2.26. The van der Waals surface area contributed by atoms with Gasteiger partial charge >= 0.3 is 0 Å². The van der Waals surface area contributed by atoms with E-state index in [9.17, 15) is 4.79 Å². The van der Waals surface area contributed by atoms with E-state index < -0.39 is 0 Å². The molecule has 1 N–H and O–H groups in total. The van der Waals surface area contributed by atoms with Crippen molar-refractivity contribution in [3.63, 3.8) is 0 Å². The van der Waals surface area contributed by atoms with Crippen LogP contribution in [0.3, 0.4) is 0 Å². The number of furan rings is 1. The normalized spacial score (nSPS) is 10.2. The minimum atomic E-state index is 0.0438. The highest BCUT2D eigenvalue weighted by Gasteiger charge is 2.03. The number of carbonyl (C=O) groups is 1. The van der Waals surface area contributed by atoms with Crippen molar-refractivity contribution in [1.29, 1.82) is 0 Å². The van der Waals surface area contributed by atoms with E-state index in [-0.39, 0.29) is 5.91 Å². The Kier molecular flexibility index (Phi) is 4.53. The van der Waals surface area contributed by atoms with Crippen LogP contribution in [0.2, 0.25) is 0 Å². The molecule has 4 heteroatoms. The van der Waals surface area contributed by atoms with Gasteiger partial charge in [-0.05, 0) is 24.3 Å². The van der Waals surface area contributed by atoms with Crippen LogP contribution < -0.4 is 5.32 Å². The fourth-order valence-electron chi connectivity index (χ4n) is 1.66. The van der Waals surface area contributed by atoms with Crippen LogP contribution in [-0.2, 0) is 17.6 Å². The van der Waals surface area contributed by atoms with Crippen LogP contribution in [0.15, 0.2) is 47.2 Å². The highest BCUT2D eigenvalue weighted by Crippen LogP contribution is 2.03. The largest absolute Gasteiger partial charge is 0.469 e. The Labute approximate surface area is 106 Å². The Balaban J connectivity index is 1.63. The molecular weight excluding hydrogens is 228 g/mol. The van der Waals surface area contributed by atoms with Crippen molar-refractivity contribution in [3.05, 3.63) is 54.2 Å². The van der Waals surface area contributed by atoms with Gasteiger partial charge in [-0.15, -0.1) is 0 Å². The second kappa shape index (κ2) is 6.59. The lowest BCUT2D eigenvalue weighted by Gasteiger charge is -2.04. The van der Waals surface area contributed by atoms with Gasteiger partial charge in [0.05, 0.1) is 6.26 Å². The third-order valence-electron chi connectivity index (χ3n) is 2.61. The molecule has 2 aromatic rings.